The van der Waals surface area contributed by atoms with Crippen molar-refractivity contribution < 1.29 is 0 Å². The lowest BCUT2D eigenvalue weighted by Gasteiger charge is -2.37. The molecule has 0 spiro atoms. The molecule has 1 saturated carbocycles. The average Bonchev–Trinajstić information content (AvgIpc) is 2.13. The Hall–Kier alpha value is -0.120. The third-order valence-corrected chi connectivity index (χ3v) is 3.74. The summed E-state index contributed by atoms with van der Waals surface area (Å²) in [5.41, 5.74) is 5.75. The lowest BCUT2D eigenvalue weighted by molar-refractivity contribution is 0.167. The van der Waals surface area contributed by atoms with Gasteiger partial charge in [0.15, 0.2) is 0 Å². The Morgan fingerprint density at radius 3 is 2.79 bits per heavy atom. The van der Waals surface area contributed by atoms with Crippen molar-refractivity contribution in [2.24, 2.45) is 5.73 Å². The van der Waals surface area contributed by atoms with E-state index in [1.165, 1.54) is 38.6 Å². The minimum Gasteiger partial charge on any atom is -0.328 e. The summed E-state index contributed by atoms with van der Waals surface area (Å²) in [7, 11) is 2.25. The van der Waals surface area contributed by atoms with Crippen molar-refractivity contribution in [1.82, 2.24) is 10.2 Å². The van der Waals surface area contributed by atoms with Gasteiger partial charge in [0.25, 0.3) is 0 Å². The molecule has 3 nitrogen and oxygen atoms in total. The van der Waals surface area contributed by atoms with Gasteiger partial charge in [0, 0.05) is 24.7 Å². The summed E-state index contributed by atoms with van der Waals surface area (Å²) in [6, 6.07) is 1.94. The molecule has 1 saturated heterocycles. The second-order valence-electron chi connectivity index (χ2n) is 4.97. The Morgan fingerprint density at radius 2 is 2.14 bits per heavy atom. The van der Waals surface area contributed by atoms with E-state index in [1.54, 1.807) is 0 Å². The second-order valence-corrected chi connectivity index (χ2v) is 4.97. The quantitative estimate of drug-likeness (QED) is 0.694. The number of hydrogen-bond donors (Lipinski definition) is 2. The number of likely N-dealkylation sites (N-methyl/N-ethyl adjacent to an activating group) is 1. The first kappa shape index (κ1) is 10.4. The van der Waals surface area contributed by atoms with E-state index in [2.05, 4.69) is 17.3 Å². The van der Waals surface area contributed by atoms with Crippen molar-refractivity contribution in [1.29, 1.82) is 0 Å². The fourth-order valence-corrected chi connectivity index (χ4v) is 2.53. The minimum atomic E-state index is 0.469. The second kappa shape index (κ2) is 4.60. The van der Waals surface area contributed by atoms with Gasteiger partial charge in [0.2, 0.25) is 0 Å². The van der Waals surface area contributed by atoms with Crippen LogP contribution in [-0.4, -0.2) is 43.2 Å². The smallest absolute Gasteiger partial charge is 0.0217 e. The average molecular weight is 197 g/mol. The van der Waals surface area contributed by atoms with Crippen LogP contribution < -0.4 is 11.1 Å². The van der Waals surface area contributed by atoms with Gasteiger partial charge in [0.05, 0.1) is 0 Å². The zero-order valence-corrected chi connectivity index (χ0v) is 9.21. The van der Waals surface area contributed by atoms with Crippen LogP contribution in [0.4, 0.5) is 0 Å². The van der Waals surface area contributed by atoms with E-state index in [0.29, 0.717) is 12.1 Å². The first-order valence-corrected chi connectivity index (χ1v) is 5.95. The number of nitrogens with one attached hydrogen (secondary N) is 1. The Morgan fingerprint density at radius 1 is 1.36 bits per heavy atom. The molecule has 3 heteroatoms. The standard InChI is InChI=1S/C11H23N3/c1-14-5-3-2-4-11(14)8-13-10-6-9(12)7-10/h9-11,13H,2-8,12H2,1H3. The van der Waals surface area contributed by atoms with E-state index in [4.69, 9.17) is 5.73 Å². The largest absolute Gasteiger partial charge is 0.328 e. The van der Waals surface area contributed by atoms with E-state index < -0.39 is 0 Å². The molecule has 2 rings (SSSR count). The van der Waals surface area contributed by atoms with Crippen LogP contribution in [0.25, 0.3) is 0 Å². The fraction of sp³-hybridized carbons (Fsp3) is 1.00. The first-order valence-electron chi connectivity index (χ1n) is 5.95. The normalized spacial score (nSPS) is 39.4. The highest BCUT2D eigenvalue weighted by atomic mass is 15.2. The van der Waals surface area contributed by atoms with Crippen molar-refractivity contribution in [2.75, 3.05) is 20.1 Å². The molecule has 0 aromatic heterocycles. The summed E-state index contributed by atoms with van der Waals surface area (Å²) in [5, 5.41) is 3.63. The van der Waals surface area contributed by atoms with Crippen molar-refractivity contribution >= 4 is 0 Å². The third-order valence-electron chi connectivity index (χ3n) is 3.74. The molecule has 1 aliphatic carbocycles. The van der Waals surface area contributed by atoms with Crippen LogP contribution in [0, 0.1) is 0 Å². The van der Waals surface area contributed by atoms with Crippen molar-refractivity contribution in [2.45, 2.75) is 50.2 Å². The fourth-order valence-electron chi connectivity index (χ4n) is 2.53. The molecule has 0 amide bonds. The van der Waals surface area contributed by atoms with Crippen LogP contribution in [0.5, 0.6) is 0 Å². The van der Waals surface area contributed by atoms with Gasteiger partial charge in [-0.05, 0) is 39.3 Å². The minimum absolute atomic E-state index is 0.469. The number of nitrogens with zero attached hydrogens (tertiary/aromatic N) is 1. The maximum Gasteiger partial charge on any atom is 0.0217 e. The predicted molar refractivity (Wildman–Crippen MR) is 59.3 cm³/mol. The Balaban J connectivity index is 1.64. The molecule has 1 aliphatic heterocycles. The van der Waals surface area contributed by atoms with Gasteiger partial charge in [-0.25, -0.2) is 0 Å². The molecule has 1 atom stereocenters. The molecule has 3 N–H and O–H groups in total. The number of nitrogens with two attached hydrogens (primary N) is 1. The van der Waals surface area contributed by atoms with Gasteiger partial charge < -0.3 is 16.0 Å². The molecule has 14 heavy (non-hydrogen) atoms. The van der Waals surface area contributed by atoms with Gasteiger partial charge >= 0.3 is 0 Å². The topological polar surface area (TPSA) is 41.3 Å². The van der Waals surface area contributed by atoms with Crippen LogP contribution in [0.2, 0.25) is 0 Å². The summed E-state index contributed by atoms with van der Waals surface area (Å²) < 4.78 is 0. The van der Waals surface area contributed by atoms with Crippen LogP contribution in [0.1, 0.15) is 32.1 Å². The van der Waals surface area contributed by atoms with Crippen molar-refractivity contribution in [3.63, 3.8) is 0 Å². The summed E-state index contributed by atoms with van der Waals surface area (Å²) in [6.45, 7) is 2.43. The van der Waals surface area contributed by atoms with Gasteiger partial charge in [0.1, 0.15) is 0 Å². The van der Waals surface area contributed by atoms with Crippen LogP contribution in [-0.2, 0) is 0 Å². The van der Waals surface area contributed by atoms with Gasteiger partial charge in [-0.2, -0.15) is 0 Å². The molecule has 2 fully saturated rings. The summed E-state index contributed by atoms with van der Waals surface area (Å²) in [6.07, 6.45) is 6.50. The highest BCUT2D eigenvalue weighted by Gasteiger charge is 2.27. The van der Waals surface area contributed by atoms with Gasteiger partial charge in [-0.3, -0.25) is 0 Å². The van der Waals surface area contributed by atoms with Gasteiger partial charge in [-0.15, -0.1) is 0 Å². The van der Waals surface area contributed by atoms with E-state index in [9.17, 15) is 0 Å². The van der Waals surface area contributed by atoms with E-state index in [1.807, 2.05) is 0 Å². The van der Waals surface area contributed by atoms with E-state index >= 15 is 0 Å². The van der Waals surface area contributed by atoms with Crippen LogP contribution in [0.15, 0.2) is 0 Å². The molecular formula is C11H23N3. The maximum atomic E-state index is 5.75. The van der Waals surface area contributed by atoms with Crippen molar-refractivity contribution in [3.05, 3.63) is 0 Å². The predicted octanol–water partition coefficient (Wildman–Crippen LogP) is 0.550. The lowest BCUT2D eigenvalue weighted by atomic mass is 9.87. The highest BCUT2D eigenvalue weighted by molar-refractivity contribution is 4.89. The van der Waals surface area contributed by atoms with Crippen LogP contribution >= 0.6 is 0 Å². The maximum absolute atomic E-state index is 5.75. The zero-order chi connectivity index (χ0) is 9.97. The third kappa shape index (κ3) is 2.47. The Kier molecular flexibility index (Phi) is 3.42. The summed E-state index contributed by atoms with van der Waals surface area (Å²) >= 11 is 0. The molecular weight excluding hydrogens is 174 g/mol. The molecule has 0 radical (unpaired) electrons. The van der Waals surface area contributed by atoms with E-state index in [0.717, 1.165) is 12.6 Å². The summed E-state index contributed by atoms with van der Waals surface area (Å²) in [5.74, 6) is 0. The number of piperidine rings is 1. The Labute approximate surface area is 87.0 Å². The molecule has 0 bridgehead atoms. The summed E-state index contributed by atoms with van der Waals surface area (Å²) in [4.78, 5) is 2.50. The molecule has 1 unspecified atom stereocenters. The SMILES string of the molecule is CN1CCCCC1CNC1CC(N)C1. The monoisotopic (exact) mass is 197 g/mol. The van der Waals surface area contributed by atoms with Gasteiger partial charge in [-0.1, -0.05) is 6.42 Å². The van der Waals surface area contributed by atoms with E-state index in [-0.39, 0.29) is 0 Å². The molecule has 82 valence electrons. The molecule has 2 aliphatic rings. The number of rotatable bonds is 3. The first-order chi connectivity index (χ1) is 6.75. The highest BCUT2D eigenvalue weighted by Crippen LogP contribution is 2.19. The molecule has 0 aromatic carbocycles. The molecule has 1 heterocycles. The van der Waals surface area contributed by atoms with Crippen LogP contribution in [0.3, 0.4) is 0 Å². The number of hydrogen-bond acceptors (Lipinski definition) is 3. The Bertz CT molecular complexity index is 177. The van der Waals surface area contributed by atoms with Crippen molar-refractivity contribution in [3.8, 4) is 0 Å². The number of likely N-dealkylation sites (tertiary alicyclic amines) is 1. The molecule has 0 aromatic rings. The lowest BCUT2D eigenvalue weighted by Crippen LogP contribution is -2.52. The zero-order valence-electron chi connectivity index (χ0n) is 9.21.